The predicted octanol–water partition coefficient (Wildman–Crippen LogP) is 4.39. The van der Waals surface area contributed by atoms with Gasteiger partial charge in [-0.25, -0.2) is 0 Å². The molecule has 0 aromatic heterocycles. The number of carbonyl (C=O) groups excluding carboxylic acids is 1. The van der Waals surface area contributed by atoms with Crippen molar-refractivity contribution in [1.29, 1.82) is 0 Å². The summed E-state index contributed by atoms with van der Waals surface area (Å²) in [6.45, 7) is 2.28. The van der Waals surface area contributed by atoms with E-state index < -0.39 is 0 Å². The minimum atomic E-state index is 0.0859. The zero-order valence-corrected chi connectivity index (χ0v) is 12.3. The van der Waals surface area contributed by atoms with Crippen molar-refractivity contribution in [2.75, 3.05) is 6.61 Å². The Labute approximate surface area is 125 Å². The second-order valence-corrected chi connectivity index (χ2v) is 5.68. The number of Topliss-reactive ketones (excluding diaryl/α,β-unsaturated/α-hetero) is 1. The van der Waals surface area contributed by atoms with Crippen molar-refractivity contribution >= 4 is 5.78 Å². The van der Waals surface area contributed by atoms with E-state index in [0.29, 0.717) is 12.5 Å². The van der Waals surface area contributed by atoms with Gasteiger partial charge in [0.05, 0.1) is 6.61 Å². The summed E-state index contributed by atoms with van der Waals surface area (Å²) in [5, 5.41) is 0. The average Bonchev–Trinajstić information content (AvgIpc) is 2.53. The van der Waals surface area contributed by atoms with Crippen LogP contribution in [-0.2, 0) is 6.42 Å². The molecule has 0 amide bonds. The van der Waals surface area contributed by atoms with Crippen LogP contribution in [0.3, 0.4) is 0 Å². The van der Waals surface area contributed by atoms with Crippen molar-refractivity contribution in [3.63, 3.8) is 0 Å². The third-order valence-electron chi connectivity index (χ3n) is 4.21. The van der Waals surface area contributed by atoms with Crippen LogP contribution in [0.15, 0.2) is 48.5 Å². The molecule has 1 atom stereocenters. The standard InChI is InChI=1S/C19H20O2/c1-14(20)15-9-11-18(12-10-15)21-13-17-7-4-6-16-5-2-3-8-19(16)17/h2-3,5,8-12,17H,4,6-7,13H2,1H3. The molecule has 2 nitrogen and oxygen atoms in total. The number of hydrogen-bond donors (Lipinski definition) is 0. The molecular weight excluding hydrogens is 260 g/mol. The zero-order chi connectivity index (χ0) is 14.7. The summed E-state index contributed by atoms with van der Waals surface area (Å²) in [4.78, 5) is 11.3. The number of hydrogen-bond acceptors (Lipinski definition) is 2. The van der Waals surface area contributed by atoms with Crippen molar-refractivity contribution in [3.8, 4) is 5.75 Å². The highest BCUT2D eigenvalue weighted by Gasteiger charge is 2.20. The Bertz CT molecular complexity index is 628. The summed E-state index contributed by atoms with van der Waals surface area (Å²) in [6.07, 6.45) is 3.59. The highest BCUT2D eigenvalue weighted by atomic mass is 16.5. The van der Waals surface area contributed by atoms with Gasteiger partial charge in [0, 0.05) is 11.5 Å². The van der Waals surface area contributed by atoms with Crippen LogP contribution in [0.5, 0.6) is 5.75 Å². The molecule has 21 heavy (non-hydrogen) atoms. The Balaban J connectivity index is 1.67. The number of fused-ring (bicyclic) bond motifs is 1. The van der Waals surface area contributed by atoms with Crippen LogP contribution in [0.2, 0.25) is 0 Å². The normalized spacial score (nSPS) is 17.1. The quantitative estimate of drug-likeness (QED) is 0.776. The van der Waals surface area contributed by atoms with E-state index in [0.717, 1.165) is 11.3 Å². The molecule has 1 aliphatic carbocycles. The van der Waals surface area contributed by atoms with Gasteiger partial charge >= 0.3 is 0 Å². The van der Waals surface area contributed by atoms with Crippen LogP contribution < -0.4 is 4.74 Å². The van der Waals surface area contributed by atoms with E-state index in [2.05, 4.69) is 24.3 Å². The highest BCUT2D eigenvalue weighted by Crippen LogP contribution is 2.31. The molecule has 1 aliphatic rings. The van der Waals surface area contributed by atoms with Gasteiger partial charge < -0.3 is 4.74 Å². The molecule has 0 radical (unpaired) electrons. The molecule has 2 heteroatoms. The third-order valence-corrected chi connectivity index (χ3v) is 4.21. The van der Waals surface area contributed by atoms with E-state index in [9.17, 15) is 4.79 Å². The fraction of sp³-hybridized carbons (Fsp3) is 0.316. The lowest BCUT2D eigenvalue weighted by Gasteiger charge is -2.25. The Morgan fingerprint density at radius 1 is 1.14 bits per heavy atom. The van der Waals surface area contributed by atoms with Gasteiger partial charge in [-0.1, -0.05) is 24.3 Å². The number of rotatable bonds is 4. The summed E-state index contributed by atoms with van der Waals surface area (Å²) in [6, 6.07) is 16.1. The molecule has 2 aromatic carbocycles. The van der Waals surface area contributed by atoms with Crippen molar-refractivity contribution in [1.82, 2.24) is 0 Å². The Morgan fingerprint density at radius 3 is 2.67 bits per heavy atom. The molecule has 0 saturated heterocycles. The number of ketones is 1. The first kappa shape index (κ1) is 13.9. The fourth-order valence-corrected chi connectivity index (χ4v) is 3.01. The second-order valence-electron chi connectivity index (χ2n) is 5.68. The van der Waals surface area contributed by atoms with Crippen LogP contribution in [0.4, 0.5) is 0 Å². The first-order valence-electron chi connectivity index (χ1n) is 7.55. The zero-order valence-electron chi connectivity index (χ0n) is 12.3. The van der Waals surface area contributed by atoms with Crippen LogP contribution >= 0.6 is 0 Å². The van der Waals surface area contributed by atoms with Gasteiger partial charge in [0.1, 0.15) is 5.75 Å². The van der Waals surface area contributed by atoms with Crippen LogP contribution in [0.25, 0.3) is 0 Å². The highest BCUT2D eigenvalue weighted by molar-refractivity contribution is 5.94. The predicted molar refractivity (Wildman–Crippen MR) is 84.1 cm³/mol. The average molecular weight is 280 g/mol. The molecule has 0 fully saturated rings. The summed E-state index contributed by atoms with van der Waals surface area (Å²) < 4.78 is 5.93. The van der Waals surface area contributed by atoms with E-state index in [1.54, 1.807) is 6.92 Å². The molecule has 1 unspecified atom stereocenters. The van der Waals surface area contributed by atoms with Crippen LogP contribution in [0.1, 0.15) is 47.2 Å². The molecule has 0 bridgehead atoms. The summed E-state index contributed by atoms with van der Waals surface area (Å²) in [5.74, 6) is 1.40. The molecule has 0 heterocycles. The van der Waals surface area contributed by atoms with Gasteiger partial charge in [0.15, 0.2) is 5.78 Å². The minimum Gasteiger partial charge on any atom is -0.493 e. The van der Waals surface area contributed by atoms with Crippen molar-refractivity contribution in [2.45, 2.75) is 32.1 Å². The second kappa shape index (κ2) is 6.13. The molecule has 3 rings (SSSR count). The maximum atomic E-state index is 11.3. The first-order chi connectivity index (χ1) is 10.2. The first-order valence-corrected chi connectivity index (χ1v) is 7.55. The molecule has 108 valence electrons. The van der Waals surface area contributed by atoms with E-state index in [1.165, 1.54) is 30.4 Å². The molecular formula is C19H20O2. The van der Waals surface area contributed by atoms with E-state index in [4.69, 9.17) is 4.74 Å². The summed E-state index contributed by atoms with van der Waals surface area (Å²) in [7, 11) is 0. The van der Waals surface area contributed by atoms with Crippen molar-refractivity contribution in [3.05, 3.63) is 65.2 Å². The smallest absolute Gasteiger partial charge is 0.159 e. The summed E-state index contributed by atoms with van der Waals surface area (Å²) in [5.41, 5.74) is 3.62. The van der Waals surface area contributed by atoms with E-state index in [1.807, 2.05) is 24.3 Å². The lowest BCUT2D eigenvalue weighted by molar-refractivity contribution is 0.101. The molecule has 0 aliphatic heterocycles. The fourth-order valence-electron chi connectivity index (χ4n) is 3.01. The van der Waals surface area contributed by atoms with Crippen LogP contribution in [-0.4, -0.2) is 12.4 Å². The Kier molecular flexibility index (Phi) is 4.05. The van der Waals surface area contributed by atoms with Crippen LogP contribution in [0, 0.1) is 0 Å². The molecule has 2 aromatic rings. The summed E-state index contributed by atoms with van der Waals surface area (Å²) >= 11 is 0. The topological polar surface area (TPSA) is 26.3 Å². The maximum Gasteiger partial charge on any atom is 0.159 e. The number of benzene rings is 2. The lowest BCUT2D eigenvalue weighted by Crippen LogP contribution is -2.16. The minimum absolute atomic E-state index is 0.0859. The SMILES string of the molecule is CC(=O)c1ccc(OCC2CCCc3ccccc32)cc1. The van der Waals surface area contributed by atoms with Gasteiger partial charge in [-0.05, 0) is 61.6 Å². The Hall–Kier alpha value is -2.09. The van der Waals surface area contributed by atoms with Crippen molar-refractivity contribution < 1.29 is 9.53 Å². The van der Waals surface area contributed by atoms with Gasteiger partial charge in [-0.2, -0.15) is 0 Å². The molecule has 0 saturated carbocycles. The third kappa shape index (κ3) is 3.15. The van der Waals surface area contributed by atoms with Gasteiger partial charge in [0.25, 0.3) is 0 Å². The number of ether oxygens (including phenoxy) is 1. The van der Waals surface area contributed by atoms with E-state index in [-0.39, 0.29) is 5.78 Å². The largest absolute Gasteiger partial charge is 0.493 e. The number of aryl methyl sites for hydroxylation is 1. The number of carbonyl (C=O) groups is 1. The maximum absolute atomic E-state index is 11.3. The van der Waals surface area contributed by atoms with E-state index >= 15 is 0 Å². The molecule has 0 spiro atoms. The molecule has 0 N–H and O–H groups in total. The monoisotopic (exact) mass is 280 g/mol. The van der Waals surface area contributed by atoms with Crippen molar-refractivity contribution in [2.24, 2.45) is 0 Å². The van der Waals surface area contributed by atoms with Gasteiger partial charge in [-0.3, -0.25) is 4.79 Å². The lowest BCUT2D eigenvalue weighted by atomic mass is 9.83. The Morgan fingerprint density at radius 2 is 1.90 bits per heavy atom. The van der Waals surface area contributed by atoms with Gasteiger partial charge in [-0.15, -0.1) is 0 Å². The van der Waals surface area contributed by atoms with Gasteiger partial charge in [0.2, 0.25) is 0 Å².